The van der Waals surface area contributed by atoms with Crippen LogP contribution in [0.2, 0.25) is 0 Å². The number of nitro benzene ring substituents is 1. The predicted octanol–water partition coefficient (Wildman–Crippen LogP) is 4.44. The first kappa shape index (κ1) is 17.6. The third-order valence-electron chi connectivity index (χ3n) is 3.51. The maximum atomic E-state index is 12.5. The van der Waals surface area contributed by atoms with E-state index in [4.69, 9.17) is 0 Å². The number of hydrogen-bond acceptors (Lipinski definition) is 5. The molecule has 1 aliphatic rings. The number of benzene rings is 2. The lowest BCUT2D eigenvalue weighted by atomic mass is 10.2. The van der Waals surface area contributed by atoms with E-state index in [-0.39, 0.29) is 23.4 Å². The van der Waals surface area contributed by atoms with Crippen LogP contribution in [0.4, 0.5) is 10.5 Å². The minimum Gasteiger partial charge on any atom is -0.268 e. The maximum Gasteiger partial charge on any atom is 0.293 e. The second kappa shape index (κ2) is 7.36. The number of nitrogens with zero attached hydrogens (tertiary/aromatic N) is 2. The van der Waals surface area contributed by atoms with Crippen molar-refractivity contribution in [2.24, 2.45) is 0 Å². The lowest BCUT2D eigenvalue weighted by molar-refractivity contribution is -0.384. The van der Waals surface area contributed by atoms with Gasteiger partial charge in [-0.3, -0.25) is 24.6 Å². The Kier molecular flexibility index (Phi) is 5.19. The van der Waals surface area contributed by atoms with Gasteiger partial charge in [-0.1, -0.05) is 24.3 Å². The highest BCUT2D eigenvalue weighted by atomic mass is 127. The van der Waals surface area contributed by atoms with E-state index in [1.807, 2.05) is 24.3 Å². The predicted molar refractivity (Wildman–Crippen MR) is 104 cm³/mol. The first-order valence-electron chi connectivity index (χ1n) is 7.18. The number of hydrogen-bond donors (Lipinski definition) is 0. The van der Waals surface area contributed by atoms with Crippen molar-refractivity contribution in [2.75, 3.05) is 0 Å². The third kappa shape index (κ3) is 4.07. The number of imide groups is 1. The van der Waals surface area contributed by atoms with Gasteiger partial charge in [0.2, 0.25) is 0 Å². The van der Waals surface area contributed by atoms with Crippen LogP contribution in [-0.2, 0) is 11.3 Å². The molecule has 1 fully saturated rings. The fourth-order valence-electron chi connectivity index (χ4n) is 2.29. The zero-order chi connectivity index (χ0) is 18.0. The highest BCUT2D eigenvalue weighted by Gasteiger charge is 2.35. The fraction of sp³-hybridized carbons (Fsp3) is 0.0588. The summed E-state index contributed by atoms with van der Waals surface area (Å²) < 4.78 is 1.04. The van der Waals surface area contributed by atoms with Crippen molar-refractivity contribution >= 4 is 57.3 Å². The summed E-state index contributed by atoms with van der Waals surface area (Å²) in [5, 5.41) is 10.3. The largest absolute Gasteiger partial charge is 0.293 e. The molecule has 0 spiro atoms. The molecule has 8 heteroatoms. The second-order valence-electron chi connectivity index (χ2n) is 5.25. The van der Waals surface area contributed by atoms with Crippen molar-refractivity contribution in [3.8, 4) is 0 Å². The minimum absolute atomic E-state index is 0.0311. The number of nitro groups is 1. The SMILES string of the molecule is O=C1SC(=Cc2cccc(I)c2)C(=O)N1Cc1ccc([N+](=O)[O-])cc1. The average Bonchev–Trinajstić information content (AvgIpc) is 2.83. The van der Waals surface area contributed by atoms with Gasteiger partial charge in [0.1, 0.15) is 0 Å². The van der Waals surface area contributed by atoms with Crippen LogP contribution in [0.15, 0.2) is 53.4 Å². The summed E-state index contributed by atoms with van der Waals surface area (Å²) in [6.07, 6.45) is 1.70. The molecular formula is C17H11IN2O4S. The van der Waals surface area contributed by atoms with E-state index in [1.165, 1.54) is 12.1 Å². The summed E-state index contributed by atoms with van der Waals surface area (Å²) in [7, 11) is 0. The van der Waals surface area contributed by atoms with Crippen molar-refractivity contribution in [3.63, 3.8) is 0 Å². The van der Waals surface area contributed by atoms with Crippen LogP contribution in [0.25, 0.3) is 6.08 Å². The molecule has 25 heavy (non-hydrogen) atoms. The molecule has 0 N–H and O–H groups in total. The Morgan fingerprint density at radius 3 is 2.52 bits per heavy atom. The normalized spacial score (nSPS) is 15.9. The zero-order valence-corrected chi connectivity index (χ0v) is 15.7. The first-order valence-corrected chi connectivity index (χ1v) is 9.08. The third-order valence-corrected chi connectivity index (χ3v) is 5.09. The molecule has 1 heterocycles. The molecule has 0 aliphatic carbocycles. The molecule has 3 rings (SSSR count). The van der Waals surface area contributed by atoms with Gasteiger partial charge in [-0.25, -0.2) is 0 Å². The topological polar surface area (TPSA) is 80.5 Å². The van der Waals surface area contributed by atoms with E-state index in [0.717, 1.165) is 25.8 Å². The van der Waals surface area contributed by atoms with Gasteiger partial charge in [-0.05, 0) is 63.7 Å². The molecule has 6 nitrogen and oxygen atoms in total. The Labute approximate surface area is 161 Å². The maximum absolute atomic E-state index is 12.5. The number of amides is 2. The monoisotopic (exact) mass is 466 g/mol. The zero-order valence-electron chi connectivity index (χ0n) is 12.7. The first-order chi connectivity index (χ1) is 11.9. The standard InChI is InChI=1S/C17H11IN2O4S/c18-13-3-1-2-12(8-13)9-15-16(21)19(17(22)25-15)10-11-4-6-14(7-5-11)20(23)24/h1-9H,10H2. The lowest BCUT2D eigenvalue weighted by Gasteiger charge is -2.12. The van der Waals surface area contributed by atoms with Crippen molar-refractivity contribution < 1.29 is 14.5 Å². The summed E-state index contributed by atoms with van der Waals surface area (Å²) in [4.78, 5) is 36.3. The Bertz CT molecular complexity index is 896. The van der Waals surface area contributed by atoms with Gasteiger partial charge in [-0.15, -0.1) is 0 Å². The van der Waals surface area contributed by atoms with Crippen molar-refractivity contribution in [2.45, 2.75) is 6.54 Å². The van der Waals surface area contributed by atoms with Crippen LogP contribution in [0, 0.1) is 13.7 Å². The Hall–Kier alpha value is -2.20. The molecule has 0 saturated carbocycles. The minimum atomic E-state index is -0.492. The van der Waals surface area contributed by atoms with Crippen LogP contribution in [0.3, 0.4) is 0 Å². The molecule has 0 aromatic heterocycles. The van der Waals surface area contributed by atoms with Gasteiger partial charge in [0, 0.05) is 15.7 Å². The molecule has 0 atom stereocenters. The van der Waals surface area contributed by atoms with Gasteiger partial charge in [0.15, 0.2) is 0 Å². The van der Waals surface area contributed by atoms with E-state index < -0.39 is 4.92 Å². The van der Waals surface area contributed by atoms with Crippen LogP contribution in [-0.4, -0.2) is 21.0 Å². The van der Waals surface area contributed by atoms with E-state index in [9.17, 15) is 19.7 Å². The Morgan fingerprint density at radius 2 is 1.88 bits per heavy atom. The number of rotatable bonds is 4. The van der Waals surface area contributed by atoms with Crippen LogP contribution < -0.4 is 0 Å². The van der Waals surface area contributed by atoms with Crippen molar-refractivity contribution in [3.05, 3.63) is 78.2 Å². The highest BCUT2D eigenvalue weighted by Crippen LogP contribution is 2.33. The Morgan fingerprint density at radius 1 is 1.16 bits per heavy atom. The summed E-state index contributed by atoms with van der Waals surface area (Å²) in [6.45, 7) is 0.0896. The summed E-state index contributed by atoms with van der Waals surface area (Å²) in [5.74, 6) is -0.354. The van der Waals surface area contributed by atoms with Crippen LogP contribution >= 0.6 is 34.4 Å². The number of thioether (sulfide) groups is 1. The van der Waals surface area contributed by atoms with Gasteiger partial charge < -0.3 is 0 Å². The van der Waals surface area contributed by atoms with E-state index >= 15 is 0 Å². The molecule has 1 aliphatic heterocycles. The van der Waals surface area contributed by atoms with Crippen LogP contribution in [0.1, 0.15) is 11.1 Å². The van der Waals surface area contributed by atoms with E-state index in [0.29, 0.717) is 10.5 Å². The quantitative estimate of drug-likeness (QED) is 0.288. The van der Waals surface area contributed by atoms with Crippen molar-refractivity contribution in [1.82, 2.24) is 4.90 Å². The number of halogens is 1. The Balaban J connectivity index is 1.78. The second-order valence-corrected chi connectivity index (χ2v) is 7.49. The smallest absolute Gasteiger partial charge is 0.268 e. The fourth-order valence-corrected chi connectivity index (χ4v) is 3.70. The number of carbonyl (C=O) groups is 2. The molecule has 2 aromatic rings. The van der Waals surface area contributed by atoms with Gasteiger partial charge in [0.25, 0.3) is 16.8 Å². The van der Waals surface area contributed by atoms with Gasteiger partial charge >= 0.3 is 0 Å². The molecule has 0 bridgehead atoms. The van der Waals surface area contributed by atoms with E-state index in [2.05, 4.69) is 22.6 Å². The molecule has 2 aromatic carbocycles. The molecular weight excluding hydrogens is 455 g/mol. The number of carbonyl (C=O) groups excluding carboxylic acids is 2. The highest BCUT2D eigenvalue weighted by molar-refractivity contribution is 14.1. The summed E-state index contributed by atoms with van der Waals surface area (Å²) in [6, 6.07) is 13.4. The summed E-state index contributed by atoms with van der Waals surface area (Å²) >= 11 is 3.08. The van der Waals surface area contributed by atoms with Gasteiger partial charge in [0.05, 0.1) is 16.4 Å². The summed E-state index contributed by atoms with van der Waals surface area (Å²) in [5.41, 5.74) is 1.48. The molecule has 0 radical (unpaired) electrons. The molecule has 126 valence electrons. The number of non-ortho nitro benzene ring substituents is 1. The van der Waals surface area contributed by atoms with Crippen molar-refractivity contribution in [1.29, 1.82) is 0 Å². The average molecular weight is 466 g/mol. The van der Waals surface area contributed by atoms with Crippen LogP contribution in [0.5, 0.6) is 0 Å². The lowest BCUT2D eigenvalue weighted by Crippen LogP contribution is -2.27. The molecule has 2 amide bonds. The van der Waals surface area contributed by atoms with Gasteiger partial charge in [-0.2, -0.15) is 0 Å². The van der Waals surface area contributed by atoms with E-state index in [1.54, 1.807) is 18.2 Å². The molecule has 0 unspecified atom stereocenters. The molecule has 1 saturated heterocycles.